The highest BCUT2D eigenvalue weighted by molar-refractivity contribution is 6.33. The van der Waals surface area contributed by atoms with E-state index >= 15 is 0 Å². The fourth-order valence-electron chi connectivity index (χ4n) is 2.55. The summed E-state index contributed by atoms with van der Waals surface area (Å²) in [5.41, 5.74) is -1.08. The lowest BCUT2D eigenvalue weighted by Crippen LogP contribution is -2.49. The van der Waals surface area contributed by atoms with Crippen molar-refractivity contribution in [3.63, 3.8) is 0 Å². The monoisotopic (exact) mass is 377 g/mol. The predicted octanol–water partition coefficient (Wildman–Crippen LogP) is 2.85. The molecule has 138 valence electrons. The van der Waals surface area contributed by atoms with Crippen LogP contribution in [0.2, 0.25) is 5.02 Å². The molecule has 1 heterocycles. The molecule has 1 aromatic rings. The van der Waals surface area contributed by atoms with E-state index in [0.29, 0.717) is 13.1 Å². The molecule has 0 aliphatic carbocycles. The number of nitrogens with one attached hydrogen (secondary N) is 1. The minimum absolute atomic E-state index is 0.0228. The van der Waals surface area contributed by atoms with Crippen molar-refractivity contribution in [1.29, 1.82) is 0 Å². The molecule has 25 heavy (non-hydrogen) atoms. The smallest absolute Gasteiger partial charge is 0.340 e. The van der Waals surface area contributed by atoms with Crippen molar-refractivity contribution in [2.24, 2.45) is 0 Å². The Balaban J connectivity index is 1.95. The van der Waals surface area contributed by atoms with Crippen molar-refractivity contribution >= 4 is 29.1 Å². The Bertz CT molecular complexity index is 644. The molecule has 9 heteroatoms. The van der Waals surface area contributed by atoms with E-state index in [4.69, 9.17) is 11.6 Å². The number of halogens is 4. The van der Waals surface area contributed by atoms with Gasteiger partial charge in [0.05, 0.1) is 16.3 Å². The zero-order chi connectivity index (χ0) is 18.6. The van der Waals surface area contributed by atoms with Crippen LogP contribution in [0.4, 0.5) is 18.9 Å². The molecule has 2 rings (SSSR count). The van der Waals surface area contributed by atoms with Gasteiger partial charge in [-0.15, -0.1) is 0 Å². The number of likely N-dealkylation sites (N-methyl/N-ethyl adjacent to an activating group) is 1. The normalized spacial score (nSPS) is 16.0. The molecule has 5 nitrogen and oxygen atoms in total. The van der Waals surface area contributed by atoms with Crippen LogP contribution in [0.25, 0.3) is 0 Å². The van der Waals surface area contributed by atoms with E-state index in [9.17, 15) is 22.8 Å². The lowest BCUT2D eigenvalue weighted by molar-refractivity contribution is -0.138. The van der Waals surface area contributed by atoms with Crippen molar-refractivity contribution in [3.8, 4) is 0 Å². The average Bonchev–Trinajstić information content (AvgIpc) is 2.55. The Morgan fingerprint density at radius 3 is 2.40 bits per heavy atom. The van der Waals surface area contributed by atoms with Crippen LogP contribution in [0.1, 0.15) is 18.9 Å². The maximum absolute atomic E-state index is 12.7. The second-order valence-corrected chi connectivity index (χ2v) is 6.14. The molecule has 0 atom stereocenters. The highest BCUT2D eigenvalue weighted by Gasteiger charge is 2.31. The molecule has 0 saturated carbocycles. The largest absolute Gasteiger partial charge is 0.416 e. The molecular formula is C16H19ClF3N3O2. The Morgan fingerprint density at radius 2 is 1.84 bits per heavy atom. The van der Waals surface area contributed by atoms with Crippen LogP contribution < -0.4 is 5.32 Å². The first-order valence-corrected chi connectivity index (χ1v) is 8.25. The molecule has 1 aliphatic heterocycles. The number of rotatable bonds is 4. The number of carbonyl (C=O) groups excluding carboxylic acids is 2. The van der Waals surface area contributed by atoms with Crippen LogP contribution in [0, 0.1) is 0 Å². The number of anilines is 1. The summed E-state index contributed by atoms with van der Waals surface area (Å²) < 4.78 is 38.2. The summed E-state index contributed by atoms with van der Waals surface area (Å²) in [5, 5.41) is 2.26. The van der Waals surface area contributed by atoms with Crippen molar-refractivity contribution in [3.05, 3.63) is 28.8 Å². The van der Waals surface area contributed by atoms with E-state index in [1.54, 1.807) is 4.90 Å². The molecule has 1 aliphatic rings. The van der Waals surface area contributed by atoms with Crippen molar-refractivity contribution < 1.29 is 22.8 Å². The quantitative estimate of drug-likeness (QED) is 0.821. The second kappa shape index (κ2) is 8.05. The SMILES string of the molecule is CCN1CCN(C(=O)CC(=O)Nc2cc(C(F)(F)F)ccc2Cl)CC1. The fraction of sp³-hybridized carbons (Fsp3) is 0.500. The number of hydrogen-bond donors (Lipinski definition) is 1. The first kappa shape index (κ1) is 19.5. The summed E-state index contributed by atoms with van der Waals surface area (Å²) in [7, 11) is 0. The lowest BCUT2D eigenvalue weighted by Gasteiger charge is -2.34. The molecule has 0 unspecified atom stereocenters. The Hall–Kier alpha value is -1.80. The van der Waals surface area contributed by atoms with Gasteiger partial charge >= 0.3 is 6.18 Å². The van der Waals surface area contributed by atoms with Crippen LogP contribution in [-0.2, 0) is 15.8 Å². The van der Waals surface area contributed by atoms with Gasteiger partial charge in [0.25, 0.3) is 0 Å². The van der Waals surface area contributed by atoms with Crippen LogP contribution >= 0.6 is 11.6 Å². The van der Waals surface area contributed by atoms with E-state index < -0.39 is 24.1 Å². The number of amides is 2. The summed E-state index contributed by atoms with van der Waals surface area (Å²) >= 11 is 5.82. The lowest BCUT2D eigenvalue weighted by atomic mass is 10.2. The van der Waals surface area contributed by atoms with E-state index in [-0.39, 0.29) is 16.6 Å². The van der Waals surface area contributed by atoms with Crippen molar-refractivity contribution in [1.82, 2.24) is 9.80 Å². The van der Waals surface area contributed by atoms with E-state index in [1.807, 2.05) is 6.92 Å². The zero-order valence-electron chi connectivity index (χ0n) is 13.7. The first-order valence-electron chi connectivity index (χ1n) is 7.87. The van der Waals surface area contributed by atoms with Gasteiger partial charge in [0.2, 0.25) is 11.8 Å². The first-order chi connectivity index (χ1) is 11.7. The fourth-order valence-corrected chi connectivity index (χ4v) is 2.72. The Labute approximate surface area is 148 Å². The molecule has 0 radical (unpaired) electrons. The van der Waals surface area contributed by atoms with Crippen LogP contribution in [0.3, 0.4) is 0 Å². The zero-order valence-corrected chi connectivity index (χ0v) is 14.5. The maximum atomic E-state index is 12.7. The third-order valence-electron chi connectivity index (χ3n) is 4.05. The van der Waals surface area contributed by atoms with Crippen molar-refractivity contribution in [2.45, 2.75) is 19.5 Å². The summed E-state index contributed by atoms with van der Waals surface area (Å²) in [4.78, 5) is 27.9. The van der Waals surface area contributed by atoms with Gasteiger partial charge in [-0.2, -0.15) is 13.2 Å². The molecule has 1 N–H and O–H groups in total. The highest BCUT2D eigenvalue weighted by atomic mass is 35.5. The number of piperazine rings is 1. The summed E-state index contributed by atoms with van der Waals surface area (Å²) in [6.45, 7) is 5.47. The van der Waals surface area contributed by atoms with E-state index in [2.05, 4.69) is 10.2 Å². The molecule has 2 amide bonds. The number of benzene rings is 1. The molecule has 1 saturated heterocycles. The van der Waals surface area contributed by atoms with Gasteiger partial charge in [-0.1, -0.05) is 18.5 Å². The van der Waals surface area contributed by atoms with Crippen molar-refractivity contribution in [2.75, 3.05) is 38.0 Å². The number of carbonyl (C=O) groups is 2. The number of alkyl halides is 3. The van der Waals surface area contributed by atoms with Gasteiger partial charge in [-0.3, -0.25) is 9.59 Å². The van der Waals surface area contributed by atoms with Crippen LogP contribution in [0.5, 0.6) is 0 Å². The average molecular weight is 378 g/mol. The molecule has 0 bridgehead atoms. The summed E-state index contributed by atoms with van der Waals surface area (Å²) in [6.07, 6.45) is -4.97. The maximum Gasteiger partial charge on any atom is 0.416 e. The second-order valence-electron chi connectivity index (χ2n) is 5.73. The summed E-state index contributed by atoms with van der Waals surface area (Å²) in [5.74, 6) is -1.04. The number of hydrogen-bond acceptors (Lipinski definition) is 3. The van der Waals surface area contributed by atoms with Gasteiger partial charge in [-0.05, 0) is 24.7 Å². The molecule has 1 aromatic carbocycles. The van der Waals surface area contributed by atoms with Gasteiger partial charge in [0, 0.05) is 26.2 Å². The van der Waals surface area contributed by atoms with Gasteiger partial charge in [0.1, 0.15) is 6.42 Å². The Morgan fingerprint density at radius 1 is 1.20 bits per heavy atom. The van der Waals surface area contributed by atoms with E-state index in [1.165, 1.54) is 0 Å². The third kappa shape index (κ3) is 5.34. The molecule has 0 aromatic heterocycles. The van der Waals surface area contributed by atoms with E-state index in [0.717, 1.165) is 37.8 Å². The Kier molecular flexibility index (Phi) is 6.29. The summed E-state index contributed by atoms with van der Waals surface area (Å²) in [6, 6.07) is 2.65. The minimum atomic E-state index is -4.54. The third-order valence-corrected chi connectivity index (χ3v) is 4.38. The standard InChI is InChI=1S/C16H19ClF3N3O2/c1-2-22-5-7-23(8-6-22)15(25)10-14(24)21-13-9-11(16(18,19)20)3-4-12(13)17/h3-4,9H,2,5-8,10H2,1H3,(H,21,24). The number of nitrogens with zero attached hydrogens (tertiary/aromatic N) is 2. The van der Waals surface area contributed by atoms with Crippen LogP contribution in [0.15, 0.2) is 18.2 Å². The van der Waals surface area contributed by atoms with Gasteiger partial charge in [0.15, 0.2) is 0 Å². The highest BCUT2D eigenvalue weighted by Crippen LogP contribution is 2.33. The van der Waals surface area contributed by atoms with Gasteiger partial charge in [-0.25, -0.2) is 0 Å². The molecule has 1 fully saturated rings. The molecule has 0 spiro atoms. The minimum Gasteiger partial charge on any atom is -0.340 e. The predicted molar refractivity (Wildman–Crippen MR) is 88.4 cm³/mol. The van der Waals surface area contributed by atoms with Gasteiger partial charge < -0.3 is 15.1 Å². The van der Waals surface area contributed by atoms with Crippen LogP contribution in [-0.4, -0.2) is 54.3 Å². The molecular weight excluding hydrogens is 359 g/mol. The topological polar surface area (TPSA) is 52.7 Å².